The molecule has 0 aliphatic heterocycles. The fourth-order valence-corrected chi connectivity index (χ4v) is 10.6. The third-order valence-electron chi connectivity index (χ3n) is 11.1. The zero-order valence-corrected chi connectivity index (χ0v) is 32.5. The Morgan fingerprint density at radius 3 is 2.15 bits per heavy atom. The lowest BCUT2D eigenvalue weighted by molar-refractivity contribution is -0.181. The van der Waals surface area contributed by atoms with Gasteiger partial charge in [0.15, 0.2) is 40.4 Å². The van der Waals surface area contributed by atoms with E-state index in [0.717, 1.165) is 0 Å². The standard InChI is InChI=1S/C40H47N4O10P/c1-7-53-55(52,54-8-2)39(42-24-12-10-9-11-13-24)22-16-14-21(15-17-22)25-20-28(43(3)4)26-18-23-19-27-32(44(5)6)35(47)31(38(41)50)37(49)40(27,51)36(48)29(23)34(46)30(26)33(25)45/h9-17,20,23,27,29,31-32,39,42,45,51H,7-8,18-19H2,1-6H3,(H2,41,50)/t23-,27-,29?,31?,32-,39?,40-/m0/s1. The summed E-state index contributed by atoms with van der Waals surface area (Å²) in [5, 5.41) is 27.2. The summed E-state index contributed by atoms with van der Waals surface area (Å²) in [4.78, 5) is 71.6. The molecule has 292 valence electrons. The number of aromatic hydroxyl groups is 1. The fourth-order valence-electron chi connectivity index (χ4n) is 8.70. The zero-order valence-electron chi connectivity index (χ0n) is 31.6. The van der Waals surface area contributed by atoms with Crippen LogP contribution in [0.3, 0.4) is 0 Å². The van der Waals surface area contributed by atoms with Crippen LogP contribution in [0.15, 0.2) is 60.7 Å². The number of anilines is 2. The third kappa shape index (κ3) is 6.59. The average molecular weight is 775 g/mol. The predicted octanol–water partition coefficient (Wildman–Crippen LogP) is 3.98. The van der Waals surface area contributed by atoms with Gasteiger partial charge in [-0.25, -0.2) is 0 Å². The number of carbonyl (C=O) groups is 5. The summed E-state index contributed by atoms with van der Waals surface area (Å²) >= 11 is 0. The van der Waals surface area contributed by atoms with Crippen LogP contribution in [-0.4, -0.2) is 97.2 Å². The number of benzene rings is 3. The van der Waals surface area contributed by atoms with Gasteiger partial charge in [0.05, 0.1) is 30.7 Å². The molecule has 3 aliphatic carbocycles. The van der Waals surface area contributed by atoms with E-state index in [2.05, 4.69) is 5.32 Å². The van der Waals surface area contributed by atoms with Crippen molar-refractivity contribution in [3.63, 3.8) is 0 Å². The first kappa shape index (κ1) is 40.0. The van der Waals surface area contributed by atoms with Crippen molar-refractivity contribution in [3.8, 4) is 16.9 Å². The number of primary amides is 1. The van der Waals surface area contributed by atoms with Gasteiger partial charge in [0, 0.05) is 37.0 Å². The molecule has 14 nitrogen and oxygen atoms in total. The number of hydrogen-bond acceptors (Lipinski definition) is 13. The Morgan fingerprint density at radius 2 is 1.60 bits per heavy atom. The normalized spacial score (nSPS) is 25.6. The van der Waals surface area contributed by atoms with Crippen LogP contribution in [0.1, 0.15) is 47.5 Å². The second-order valence-electron chi connectivity index (χ2n) is 14.7. The Morgan fingerprint density at radius 1 is 0.982 bits per heavy atom. The molecule has 7 atom stereocenters. The smallest absolute Gasteiger partial charge is 0.357 e. The number of likely N-dealkylation sites (N-methyl/N-ethyl adjacent to an activating group) is 1. The summed E-state index contributed by atoms with van der Waals surface area (Å²) in [6.45, 7) is 3.74. The molecule has 0 bridgehead atoms. The van der Waals surface area contributed by atoms with Gasteiger partial charge in [0.2, 0.25) is 5.91 Å². The minimum Gasteiger partial charge on any atom is -0.507 e. The number of para-hydroxylation sites is 1. The van der Waals surface area contributed by atoms with E-state index in [1.807, 2.05) is 30.3 Å². The molecule has 3 aromatic rings. The van der Waals surface area contributed by atoms with E-state index in [-0.39, 0.29) is 37.2 Å². The van der Waals surface area contributed by atoms with E-state index >= 15 is 0 Å². The summed E-state index contributed by atoms with van der Waals surface area (Å²) in [6, 6.07) is 16.6. The van der Waals surface area contributed by atoms with Crippen molar-refractivity contribution in [2.45, 2.75) is 44.1 Å². The van der Waals surface area contributed by atoms with Crippen LogP contribution < -0.4 is 16.0 Å². The van der Waals surface area contributed by atoms with Gasteiger partial charge < -0.3 is 35.2 Å². The fraction of sp³-hybridized carbons (Fsp3) is 0.425. The zero-order chi connectivity index (χ0) is 40.1. The Bertz CT molecular complexity index is 2080. The minimum absolute atomic E-state index is 0.0493. The van der Waals surface area contributed by atoms with Crippen molar-refractivity contribution < 1.29 is 47.8 Å². The molecule has 5 N–H and O–H groups in total. The minimum atomic E-state index is -3.76. The maximum atomic E-state index is 14.6. The SMILES string of the molecule is CCOP(=O)(OCC)C(Nc1ccccc1)c1ccc(-c2cc(N(C)C)c3c(c2O)C(=O)C2C(=O)[C@]4(O)C(=O)C(C(N)=O)C(=O)[C@@H](N(C)C)[C@@H]4C[C@@H]2C3)cc1. The van der Waals surface area contributed by atoms with Crippen LogP contribution >= 0.6 is 7.60 Å². The predicted molar refractivity (Wildman–Crippen MR) is 205 cm³/mol. The lowest BCUT2D eigenvalue weighted by Gasteiger charge is -2.52. The monoisotopic (exact) mass is 774 g/mol. The maximum Gasteiger partial charge on any atom is 0.357 e. The number of nitrogens with zero attached hydrogens (tertiary/aromatic N) is 2. The topological polar surface area (TPSA) is 206 Å². The first-order chi connectivity index (χ1) is 26.0. The molecule has 6 rings (SSSR count). The summed E-state index contributed by atoms with van der Waals surface area (Å²) in [5.41, 5.74) is 5.62. The first-order valence-electron chi connectivity index (χ1n) is 18.2. The summed E-state index contributed by atoms with van der Waals surface area (Å²) < 4.78 is 25.6. The highest BCUT2D eigenvalue weighted by Gasteiger charge is 2.69. The van der Waals surface area contributed by atoms with Gasteiger partial charge >= 0.3 is 7.60 Å². The number of phenolic OH excluding ortho intramolecular Hbond substituents is 1. The molecule has 3 aliphatic rings. The Hall–Kier alpha value is -4.72. The molecular formula is C40H47N4O10P. The lowest BCUT2D eigenvalue weighted by atomic mass is 9.52. The summed E-state index contributed by atoms with van der Waals surface area (Å²) in [5.74, 6) is -12.1. The van der Waals surface area contributed by atoms with E-state index in [4.69, 9.17) is 14.8 Å². The molecule has 55 heavy (non-hydrogen) atoms. The molecular weight excluding hydrogens is 727 g/mol. The number of phenols is 1. The molecule has 1 amide bonds. The molecule has 0 spiro atoms. The number of ketones is 4. The molecule has 3 unspecified atom stereocenters. The number of nitrogens with one attached hydrogen (secondary N) is 1. The van der Waals surface area contributed by atoms with Crippen molar-refractivity contribution in [2.75, 3.05) is 51.6 Å². The van der Waals surface area contributed by atoms with Gasteiger partial charge in [0.1, 0.15) is 5.75 Å². The number of carbonyl (C=O) groups excluding carboxylic acids is 5. The summed E-state index contributed by atoms with van der Waals surface area (Å²) in [6.07, 6.45) is 0.0787. The molecule has 3 aromatic carbocycles. The largest absolute Gasteiger partial charge is 0.507 e. The molecule has 2 fully saturated rings. The number of nitrogens with two attached hydrogens (primary N) is 1. The van der Waals surface area contributed by atoms with Crippen molar-refractivity contribution in [1.82, 2.24) is 4.90 Å². The van der Waals surface area contributed by atoms with E-state index in [0.29, 0.717) is 28.1 Å². The average Bonchev–Trinajstić information content (AvgIpc) is 3.12. The van der Waals surface area contributed by atoms with Crippen LogP contribution in [0, 0.1) is 23.7 Å². The number of Topliss-reactive ketones (excluding diaryl/α,β-unsaturated/α-hetero) is 4. The molecule has 0 radical (unpaired) electrons. The van der Waals surface area contributed by atoms with Crippen LogP contribution in [0.5, 0.6) is 5.75 Å². The van der Waals surface area contributed by atoms with E-state index in [1.165, 1.54) is 4.90 Å². The van der Waals surface area contributed by atoms with Gasteiger partial charge in [-0.1, -0.05) is 42.5 Å². The van der Waals surface area contributed by atoms with Crippen molar-refractivity contribution >= 4 is 48.0 Å². The van der Waals surface area contributed by atoms with Gasteiger partial charge in [-0.05, 0) is 81.6 Å². The number of hydrogen-bond donors (Lipinski definition) is 4. The Kier molecular flexibility index (Phi) is 11.0. The third-order valence-corrected chi connectivity index (χ3v) is 13.4. The number of amides is 1. The quantitative estimate of drug-likeness (QED) is 0.152. The van der Waals surface area contributed by atoms with Crippen molar-refractivity contribution in [2.24, 2.45) is 29.4 Å². The van der Waals surface area contributed by atoms with Gasteiger partial charge in [-0.2, -0.15) is 0 Å². The summed E-state index contributed by atoms with van der Waals surface area (Å²) in [7, 11) is 2.89. The second kappa shape index (κ2) is 15.1. The molecule has 15 heteroatoms. The Labute approximate surface area is 319 Å². The van der Waals surface area contributed by atoms with Crippen LogP contribution in [0.2, 0.25) is 0 Å². The van der Waals surface area contributed by atoms with Crippen LogP contribution in [0.25, 0.3) is 11.1 Å². The molecule has 0 aromatic heterocycles. The lowest BCUT2D eigenvalue weighted by Crippen LogP contribution is -2.74. The van der Waals surface area contributed by atoms with Crippen LogP contribution in [0.4, 0.5) is 11.4 Å². The number of aliphatic hydroxyl groups is 1. The van der Waals surface area contributed by atoms with Gasteiger partial charge in [-0.15, -0.1) is 0 Å². The second-order valence-corrected chi connectivity index (χ2v) is 16.9. The van der Waals surface area contributed by atoms with Crippen molar-refractivity contribution in [3.05, 3.63) is 77.4 Å². The highest BCUT2D eigenvalue weighted by atomic mass is 31.2. The van der Waals surface area contributed by atoms with E-state index < -0.39 is 83.5 Å². The first-order valence-corrected chi connectivity index (χ1v) is 19.8. The van der Waals surface area contributed by atoms with E-state index in [9.17, 15) is 38.8 Å². The highest BCUT2D eigenvalue weighted by Crippen LogP contribution is 2.61. The van der Waals surface area contributed by atoms with Gasteiger partial charge in [-0.3, -0.25) is 33.4 Å². The molecule has 0 heterocycles. The Balaban J connectivity index is 1.43. The van der Waals surface area contributed by atoms with E-state index in [1.54, 1.807) is 77.3 Å². The van der Waals surface area contributed by atoms with Crippen LogP contribution in [-0.2, 0) is 39.2 Å². The maximum absolute atomic E-state index is 14.6. The number of rotatable bonds is 12. The molecule has 2 saturated carbocycles. The molecule has 0 saturated heterocycles. The van der Waals surface area contributed by atoms with Gasteiger partial charge in [0.25, 0.3) is 0 Å². The van der Waals surface area contributed by atoms with Crippen molar-refractivity contribution in [1.29, 1.82) is 0 Å². The number of fused-ring (bicyclic) bond motifs is 3. The highest BCUT2D eigenvalue weighted by molar-refractivity contribution is 7.54.